The van der Waals surface area contributed by atoms with Crippen LogP contribution < -0.4 is 76.3 Å². The van der Waals surface area contributed by atoms with Crippen LogP contribution in [-0.2, 0) is 20.2 Å². The first-order valence-corrected chi connectivity index (χ1v) is 15.9. The monoisotopic (exact) mass is 703 g/mol. The van der Waals surface area contributed by atoms with Gasteiger partial charge in [0.05, 0.1) is 43.9 Å². The predicted molar refractivity (Wildman–Crippen MR) is 170 cm³/mol. The largest absolute Gasteiger partial charge is 1.00 e. The van der Waals surface area contributed by atoms with E-state index in [1.54, 1.807) is 55.5 Å². The number of anilines is 3. The van der Waals surface area contributed by atoms with Gasteiger partial charge in [0, 0.05) is 10.8 Å². The Bertz CT molecular complexity index is 2300. The van der Waals surface area contributed by atoms with Crippen molar-refractivity contribution in [1.82, 2.24) is 0 Å². The summed E-state index contributed by atoms with van der Waals surface area (Å²) < 4.78 is 69.0. The van der Waals surface area contributed by atoms with E-state index in [9.17, 15) is 25.9 Å². The molecule has 0 atom stereocenters. The van der Waals surface area contributed by atoms with Crippen molar-refractivity contribution in [3.63, 3.8) is 0 Å². The average Bonchev–Trinajstić information content (AvgIpc) is 3.01. The second kappa shape index (κ2) is 15.7. The predicted octanol–water partition coefficient (Wildman–Crippen LogP) is 0.957. The second-order valence-electron chi connectivity index (χ2n) is 9.76. The normalized spacial score (nSPS) is 12.1. The third kappa shape index (κ3) is 8.88. The van der Waals surface area contributed by atoms with Crippen LogP contribution >= 0.6 is 0 Å². The van der Waals surface area contributed by atoms with Crippen LogP contribution in [-0.4, -0.2) is 25.9 Å². The van der Waals surface area contributed by atoms with Gasteiger partial charge in [0.25, 0.3) is 0 Å². The fourth-order valence-corrected chi connectivity index (χ4v) is 5.41. The van der Waals surface area contributed by atoms with Crippen LogP contribution in [0.4, 0.5) is 51.2 Å². The van der Waals surface area contributed by atoms with E-state index < -0.39 is 30.0 Å². The standard InChI is InChI=1S/C29H25N9O6S2.2Na/c1-16-14-23(36-34-19-10-12-20(13-11-19)45(39,40)41)28(32)29(26(16)30)38-35-18-8-6-17(7-9-18)33-37-24-15-25(46(42,43)44)21-4-2-3-5-22(21)27(24)31;;/h2-15H,30-32H2,1H3,(H,39,40,41)(H,42,43,44);;/q;2*+1/p-2. The Labute approximate surface area is 319 Å². The minimum atomic E-state index is -4.81. The summed E-state index contributed by atoms with van der Waals surface area (Å²) in [4.78, 5) is -0.844. The van der Waals surface area contributed by atoms with Gasteiger partial charge >= 0.3 is 59.1 Å². The molecule has 0 unspecified atom stereocenters. The number of hydrogen-bond acceptors (Lipinski definition) is 15. The Morgan fingerprint density at radius 3 is 1.50 bits per heavy atom. The van der Waals surface area contributed by atoms with Crippen molar-refractivity contribution in [3.8, 4) is 0 Å². The molecule has 0 bridgehead atoms. The van der Waals surface area contributed by atoms with Gasteiger partial charge < -0.3 is 26.3 Å². The van der Waals surface area contributed by atoms with Crippen LogP contribution in [0.15, 0.2) is 125 Å². The van der Waals surface area contributed by atoms with Crippen LogP contribution in [0.1, 0.15) is 5.56 Å². The molecule has 0 saturated heterocycles. The number of rotatable bonds is 8. The Kier molecular flexibility index (Phi) is 12.7. The van der Waals surface area contributed by atoms with Crippen molar-refractivity contribution >= 4 is 82.2 Å². The molecule has 5 aromatic carbocycles. The van der Waals surface area contributed by atoms with Gasteiger partial charge in [-0.1, -0.05) is 24.3 Å². The maximum absolute atomic E-state index is 11.9. The third-order valence-corrected chi connectivity index (χ3v) is 8.37. The first-order valence-electron chi connectivity index (χ1n) is 13.1. The fraction of sp³-hybridized carbons (Fsp3) is 0.0345. The van der Waals surface area contributed by atoms with Crippen molar-refractivity contribution in [1.29, 1.82) is 0 Å². The second-order valence-corrected chi connectivity index (χ2v) is 12.5. The SMILES string of the molecule is Cc1cc(N=Nc2ccc(S(=O)(=O)[O-])cc2)c(N)c(N=Nc2ccc(N=Nc3cc(S(=O)(=O)[O-])c4ccccc4c3N)cc2)c1N.[Na+].[Na+]. The van der Waals surface area contributed by atoms with Crippen molar-refractivity contribution < 1.29 is 85.1 Å². The number of fused-ring (bicyclic) bond motifs is 1. The number of azo groups is 3. The summed E-state index contributed by atoms with van der Waals surface area (Å²) in [7, 11) is -9.40. The number of aryl methyl sites for hydroxylation is 1. The number of hydrogen-bond donors (Lipinski definition) is 3. The molecule has 0 saturated carbocycles. The van der Waals surface area contributed by atoms with E-state index in [2.05, 4.69) is 30.7 Å². The van der Waals surface area contributed by atoms with Gasteiger partial charge in [0.1, 0.15) is 37.3 Å². The minimum Gasteiger partial charge on any atom is -0.744 e. The number of nitrogen functional groups attached to an aromatic ring is 3. The molecule has 5 aromatic rings. The molecule has 5 rings (SSSR count). The molecule has 0 aromatic heterocycles. The zero-order valence-electron chi connectivity index (χ0n) is 25.8. The zero-order valence-corrected chi connectivity index (χ0v) is 31.4. The van der Waals surface area contributed by atoms with E-state index in [0.29, 0.717) is 22.3 Å². The Morgan fingerprint density at radius 2 is 1.00 bits per heavy atom. The van der Waals surface area contributed by atoms with Gasteiger partial charge in [-0.15, -0.1) is 15.3 Å². The van der Waals surface area contributed by atoms with Crippen molar-refractivity contribution in [2.24, 2.45) is 30.7 Å². The molecule has 0 aliphatic rings. The average molecular weight is 704 g/mol. The third-order valence-electron chi connectivity index (χ3n) is 6.65. The smallest absolute Gasteiger partial charge is 0.744 e. The summed E-state index contributed by atoms with van der Waals surface area (Å²) >= 11 is 0. The fourth-order valence-electron chi connectivity index (χ4n) is 4.24. The van der Waals surface area contributed by atoms with E-state index in [4.69, 9.17) is 17.2 Å². The van der Waals surface area contributed by atoms with E-state index in [0.717, 1.165) is 18.2 Å². The number of benzene rings is 5. The molecule has 0 spiro atoms. The molecule has 6 N–H and O–H groups in total. The zero-order chi connectivity index (χ0) is 33.2. The van der Waals surface area contributed by atoms with Crippen LogP contribution in [0.2, 0.25) is 0 Å². The summed E-state index contributed by atoms with van der Waals surface area (Å²) in [6.45, 7) is 1.72. The van der Waals surface area contributed by atoms with Crippen LogP contribution in [0.5, 0.6) is 0 Å². The first-order chi connectivity index (χ1) is 21.7. The van der Waals surface area contributed by atoms with Gasteiger partial charge in [0.15, 0.2) is 0 Å². The summed E-state index contributed by atoms with van der Waals surface area (Å²) in [5, 5.41) is 25.3. The Morgan fingerprint density at radius 1 is 0.542 bits per heavy atom. The van der Waals surface area contributed by atoms with E-state index >= 15 is 0 Å². The van der Waals surface area contributed by atoms with Gasteiger partial charge in [0.2, 0.25) is 0 Å². The molecule has 0 amide bonds. The van der Waals surface area contributed by atoms with Crippen LogP contribution in [0.3, 0.4) is 0 Å². The molecule has 15 nitrogen and oxygen atoms in total. The molecule has 0 aliphatic heterocycles. The van der Waals surface area contributed by atoms with Crippen molar-refractivity contribution in [2.75, 3.05) is 17.2 Å². The van der Waals surface area contributed by atoms with Gasteiger partial charge in [-0.25, -0.2) is 16.8 Å². The molecular formula is C29H23N9Na2O6S2. The van der Waals surface area contributed by atoms with Crippen molar-refractivity contribution in [3.05, 3.63) is 90.5 Å². The summed E-state index contributed by atoms with van der Waals surface area (Å²) in [6.07, 6.45) is 0. The summed E-state index contributed by atoms with van der Waals surface area (Å²) in [6, 6.07) is 20.2. The molecule has 0 heterocycles. The van der Waals surface area contributed by atoms with Crippen LogP contribution in [0, 0.1) is 6.92 Å². The maximum atomic E-state index is 11.9. The minimum absolute atomic E-state index is 0. The Hall–Kier alpha value is -3.62. The molecule has 19 heteroatoms. The topological polar surface area (TPSA) is 267 Å². The summed E-state index contributed by atoms with van der Waals surface area (Å²) in [5.41, 5.74) is 21.2. The number of nitrogens with two attached hydrogens (primary N) is 3. The van der Waals surface area contributed by atoms with Crippen LogP contribution in [0.25, 0.3) is 10.8 Å². The van der Waals surface area contributed by atoms with E-state index in [-0.39, 0.29) is 104 Å². The molecule has 48 heavy (non-hydrogen) atoms. The molecule has 0 fully saturated rings. The van der Waals surface area contributed by atoms with Gasteiger partial charge in [-0.3, -0.25) is 0 Å². The number of nitrogens with zero attached hydrogens (tertiary/aromatic N) is 6. The molecular weight excluding hydrogens is 680 g/mol. The summed E-state index contributed by atoms with van der Waals surface area (Å²) in [5.74, 6) is 0. The quantitative estimate of drug-likeness (QED) is 0.0897. The van der Waals surface area contributed by atoms with E-state index in [1.807, 2.05) is 0 Å². The van der Waals surface area contributed by atoms with Crippen molar-refractivity contribution in [2.45, 2.75) is 16.7 Å². The molecule has 0 radical (unpaired) electrons. The van der Waals surface area contributed by atoms with Gasteiger partial charge in [-0.2, -0.15) is 15.3 Å². The van der Waals surface area contributed by atoms with Gasteiger partial charge in [-0.05, 0) is 73.2 Å². The van der Waals surface area contributed by atoms with E-state index in [1.165, 1.54) is 18.2 Å². The molecule has 234 valence electrons. The Balaban J connectivity index is 0.00000312. The first kappa shape index (κ1) is 38.8. The molecule has 0 aliphatic carbocycles. The maximum Gasteiger partial charge on any atom is 1.00 e.